The molecule has 1 heterocycles. The van der Waals surface area contributed by atoms with Crippen molar-refractivity contribution in [1.29, 1.82) is 0 Å². The molecule has 4 amide bonds. The summed E-state index contributed by atoms with van der Waals surface area (Å²) in [5.41, 5.74) is 1.66. The van der Waals surface area contributed by atoms with Gasteiger partial charge in [0.25, 0.3) is 11.8 Å². The fourth-order valence-electron chi connectivity index (χ4n) is 3.73. The van der Waals surface area contributed by atoms with Gasteiger partial charge in [0, 0.05) is 5.02 Å². The number of nitrogens with zero attached hydrogens (tertiary/aromatic N) is 1. The molecule has 1 aliphatic heterocycles. The highest BCUT2D eigenvalue weighted by Crippen LogP contribution is 2.38. The van der Waals surface area contributed by atoms with Crippen molar-refractivity contribution < 1.29 is 28.6 Å². The van der Waals surface area contributed by atoms with Crippen LogP contribution in [0.2, 0.25) is 5.02 Å². The lowest BCUT2D eigenvalue weighted by molar-refractivity contribution is -0.122. The first kappa shape index (κ1) is 27.2. The summed E-state index contributed by atoms with van der Waals surface area (Å²) >= 11 is 9.42. The van der Waals surface area contributed by atoms with Crippen LogP contribution in [0.15, 0.2) is 70.7 Å². The Morgan fingerprint density at radius 1 is 0.974 bits per heavy atom. The van der Waals surface area contributed by atoms with E-state index < -0.39 is 17.8 Å². The maximum absolute atomic E-state index is 13.2. The summed E-state index contributed by atoms with van der Waals surface area (Å²) in [7, 11) is 0. The van der Waals surface area contributed by atoms with Crippen molar-refractivity contribution in [3.8, 4) is 17.2 Å². The molecule has 0 spiro atoms. The van der Waals surface area contributed by atoms with Crippen molar-refractivity contribution in [2.75, 3.05) is 24.7 Å². The van der Waals surface area contributed by atoms with E-state index in [1.54, 1.807) is 24.3 Å². The normalized spacial score (nSPS) is 14.5. The second-order valence-electron chi connectivity index (χ2n) is 8.21. The molecule has 0 radical (unpaired) electrons. The molecule has 4 rings (SSSR count). The number of nitrogens with one attached hydrogen (secondary N) is 1. The Hall–Kier alpha value is -3.82. The number of aryl methyl sites for hydroxylation is 1. The van der Waals surface area contributed by atoms with Gasteiger partial charge >= 0.3 is 6.03 Å². The van der Waals surface area contributed by atoms with Crippen LogP contribution in [-0.4, -0.2) is 37.7 Å². The van der Waals surface area contributed by atoms with Crippen molar-refractivity contribution in [1.82, 2.24) is 5.32 Å². The number of hydrogen-bond acceptors (Lipinski definition) is 6. The number of ether oxygens (including phenoxy) is 3. The minimum absolute atomic E-state index is 0.214. The van der Waals surface area contributed by atoms with Gasteiger partial charge in [0.05, 0.1) is 16.8 Å². The summed E-state index contributed by atoms with van der Waals surface area (Å²) in [5, 5.41) is 2.65. The molecule has 196 valence electrons. The van der Waals surface area contributed by atoms with Crippen LogP contribution in [0, 0.1) is 6.92 Å². The topological polar surface area (TPSA) is 94.2 Å². The summed E-state index contributed by atoms with van der Waals surface area (Å²) < 4.78 is 18.0. The highest BCUT2D eigenvalue weighted by Gasteiger charge is 2.36. The third-order valence-corrected chi connectivity index (χ3v) is 6.26. The van der Waals surface area contributed by atoms with Crippen LogP contribution in [-0.2, 0) is 9.59 Å². The summed E-state index contributed by atoms with van der Waals surface area (Å²) in [6.07, 6.45) is 1.39. The van der Waals surface area contributed by atoms with Crippen molar-refractivity contribution in [3.05, 3.63) is 86.9 Å². The minimum atomic E-state index is -0.840. The Kier molecular flexibility index (Phi) is 8.70. The Morgan fingerprint density at radius 2 is 1.71 bits per heavy atom. The van der Waals surface area contributed by atoms with E-state index in [4.69, 9.17) is 25.8 Å². The van der Waals surface area contributed by atoms with Crippen LogP contribution in [0.4, 0.5) is 10.5 Å². The van der Waals surface area contributed by atoms with Crippen molar-refractivity contribution in [3.63, 3.8) is 0 Å². The van der Waals surface area contributed by atoms with Crippen molar-refractivity contribution in [2.24, 2.45) is 0 Å². The zero-order chi connectivity index (χ0) is 27.2. The number of carbonyl (C=O) groups is 3. The first-order valence-electron chi connectivity index (χ1n) is 11.7. The van der Waals surface area contributed by atoms with Crippen LogP contribution < -0.4 is 24.4 Å². The first-order valence-corrected chi connectivity index (χ1v) is 12.9. The quantitative estimate of drug-likeness (QED) is 0.186. The molecule has 0 bridgehead atoms. The number of urea groups is 1. The van der Waals surface area contributed by atoms with Gasteiger partial charge < -0.3 is 14.2 Å². The van der Waals surface area contributed by atoms with Crippen LogP contribution in [0.5, 0.6) is 17.2 Å². The van der Waals surface area contributed by atoms with E-state index in [9.17, 15) is 14.4 Å². The molecule has 0 aliphatic carbocycles. The Bertz CT molecular complexity index is 1410. The number of benzene rings is 3. The number of barbiturate groups is 1. The predicted molar refractivity (Wildman–Crippen MR) is 148 cm³/mol. The van der Waals surface area contributed by atoms with Gasteiger partial charge in [-0.05, 0) is 95.5 Å². The highest BCUT2D eigenvalue weighted by molar-refractivity contribution is 9.10. The maximum atomic E-state index is 13.2. The number of hydrogen-bond donors (Lipinski definition) is 1. The number of amides is 4. The Balaban J connectivity index is 1.55. The molecular weight excluding hydrogens is 576 g/mol. The third-order valence-electron chi connectivity index (χ3n) is 5.42. The van der Waals surface area contributed by atoms with Gasteiger partial charge in [-0.2, -0.15) is 0 Å². The SMILES string of the molecule is CCOc1cc(/C=C2/C(=O)NC(=O)N(c3ccc(Cl)cc3)C2=O)cc(Br)c1OCCOc1cccc(C)c1. The van der Waals surface area contributed by atoms with E-state index in [2.05, 4.69) is 21.2 Å². The minimum Gasteiger partial charge on any atom is -0.490 e. The van der Waals surface area contributed by atoms with Crippen molar-refractivity contribution >= 4 is 57.1 Å². The second-order valence-corrected chi connectivity index (χ2v) is 9.50. The molecule has 1 saturated heterocycles. The standard InChI is InChI=1S/C28H24BrClN2O6/c1-3-36-24-16-18(15-23(29)25(24)38-12-11-37-21-6-4-5-17(2)13-21)14-22-26(33)31-28(35)32(27(22)34)20-9-7-19(30)8-10-20/h4-10,13-16H,3,11-12H2,1-2H3,(H,31,33,35)/b22-14-. The monoisotopic (exact) mass is 598 g/mol. The number of anilines is 1. The van der Waals surface area contributed by atoms with E-state index >= 15 is 0 Å². The molecule has 1 aliphatic rings. The first-order chi connectivity index (χ1) is 18.3. The van der Waals surface area contributed by atoms with Gasteiger partial charge in [-0.3, -0.25) is 14.9 Å². The summed E-state index contributed by atoms with van der Waals surface area (Å²) in [5.74, 6) is 0.0655. The summed E-state index contributed by atoms with van der Waals surface area (Å²) in [6.45, 7) is 4.75. The zero-order valence-electron chi connectivity index (χ0n) is 20.6. The number of halogens is 2. The molecule has 0 atom stereocenters. The molecule has 1 N–H and O–H groups in total. The lowest BCUT2D eigenvalue weighted by Crippen LogP contribution is -2.54. The van der Waals surface area contributed by atoms with Gasteiger partial charge in [0.2, 0.25) is 0 Å². The van der Waals surface area contributed by atoms with Crippen LogP contribution in [0.25, 0.3) is 6.08 Å². The Morgan fingerprint density at radius 3 is 2.42 bits per heavy atom. The average Bonchev–Trinajstić information content (AvgIpc) is 2.87. The van der Waals surface area contributed by atoms with Gasteiger partial charge in [0.1, 0.15) is 24.5 Å². The molecule has 38 heavy (non-hydrogen) atoms. The molecule has 0 saturated carbocycles. The molecular formula is C28H24BrClN2O6. The number of imide groups is 2. The second kappa shape index (κ2) is 12.1. The molecule has 8 nitrogen and oxygen atoms in total. The number of rotatable bonds is 9. The molecule has 0 aromatic heterocycles. The zero-order valence-corrected chi connectivity index (χ0v) is 23.0. The molecule has 0 unspecified atom stereocenters. The van der Waals surface area contributed by atoms with E-state index in [-0.39, 0.29) is 17.9 Å². The molecule has 10 heteroatoms. The van der Waals surface area contributed by atoms with E-state index in [0.717, 1.165) is 16.2 Å². The number of carbonyl (C=O) groups excluding carboxylic acids is 3. The Labute approximate surface area is 233 Å². The van der Waals surface area contributed by atoms with Gasteiger partial charge in [-0.1, -0.05) is 23.7 Å². The van der Waals surface area contributed by atoms with Gasteiger partial charge in [-0.15, -0.1) is 0 Å². The lowest BCUT2D eigenvalue weighted by Gasteiger charge is -2.26. The fraction of sp³-hybridized carbons (Fsp3) is 0.179. The summed E-state index contributed by atoms with van der Waals surface area (Å²) in [4.78, 5) is 39.1. The maximum Gasteiger partial charge on any atom is 0.335 e. The highest BCUT2D eigenvalue weighted by atomic mass is 79.9. The smallest absolute Gasteiger partial charge is 0.335 e. The van der Waals surface area contributed by atoms with E-state index in [1.807, 2.05) is 38.1 Å². The average molecular weight is 600 g/mol. The van der Waals surface area contributed by atoms with Gasteiger partial charge in [0.15, 0.2) is 11.5 Å². The van der Waals surface area contributed by atoms with Crippen molar-refractivity contribution in [2.45, 2.75) is 13.8 Å². The van der Waals surface area contributed by atoms with Crippen LogP contribution in [0.1, 0.15) is 18.1 Å². The fourth-order valence-corrected chi connectivity index (χ4v) is 4.43. The van der Waals surface area contributed by atoms with E-state index in [1.165, 1.54) is 18.2 Å². The third kappa shape index (κ3) is 6.35. The van der Waals surface area contributed by atoms with Gasteiger partial charge in [-0.25, -0.2) is 9.69 Å². The largest absolute Gasteiger partial charge is 0.490 e. The van der Waals surface area contributed by atoms with Crippen LogP contribution in [0.3, 0.4) is 0 Å². The predicted octanol–water partition coefficient (Wildman–Crippen LogP) is 5.93. The molecule has 3 aromatic carbocycles. The molecule has 1 fully saturated rings. The summed E-state index contributed by atoms with van der Waals surface area (Å²) in [6, 6.07) is 16.4. The van der Waals surface area contributed by atoms with E-state index in [0.29, 0.717) is 39.8 Å². The lowest BCUT2D eigenvalue weighted by atomic mass is 10.1. The molecule has 3 aromatic rings. The van der Waals surface area contributed by atoms with Crippen LogP contribution >= 0.6 is 27.5 Å².